The summed E-state index contributed by atoms with van der Waals surface area (Å²) in [6, 6.07) is 19.6. The van der Waals surface area contributed by atoms with Gasteiger partial charge >= 0.3 is 0 Å². The zero-order valence-corrected chi connectivity index (χ0v) is 12.8. The molecule has 1 amide bonds. The van der Waals surface area contributed by atoms with Crippen LogP contribution >= 0.6 is 0 Å². The lowest BCUT2D eigenvalue weighted by Gasteiger charge is -2.03. The number of benzene rings is 2. The Labute approximate surface area is 138 Å². The highest BCUT2D eigenvalue weighted by Crippen LogP contribution is 2.24. The first-order valence-electron chi connectivity index (χ1n) is 7.64. The summed E-state index contributed by atoms with van der Waals surface area (Å²) >= 11 is 0. The van der Waals surface area contributed by atoms with Crippen molar-refractivity contribution < 1.29 is 9.21 Å². The van der Waals surface area contributed by atoms with Gasteiger partial charge in [0.2, 0.25) is 0 Å². The molecule has 2 aromatic carbocycles. The standard InChI is InChI=1S/C19H15N3O2/c23-19(15-10-11-24-13-15)20-18-16-8-4-5-9-17(16)22(21-18)12-14-6-2-1-3-7-14/h1-11,13H,12H2,(H,20,21,23). The minimum Gasteiger partial charge on any atom is -0.472 e. The van der Waals surface area contributed by atoms with Gasteiger partial charge in [-0.15, -0.1) is 0 Å². The Morgan fingerprint density at radius 2 is 1.83 bits per heavy atom. The van der Waals surface area contributed by atoms with E-state index < -0.39 is 0 Å². The largest absolute Gasteiger partial charge is 0.472 e. The van der Waals surface area contributed by atoms with Crippen molar-refractivity contribution in [1.29, 1.82) is 0 Å². The SMILES string of the molecule is O=C(Nc1nn(Cc2ccccc2)c2ccccc12)c1ccoc1. The number of rotatable bonds is 4. The number of aromatic nitrogens is 2. The molecule has 4 rings (SSSR count). The molecule has 0 radical (unpaired) electrons. The van der Waals surface area contributed by atoms with E-state index in [0.717, 1.165) is 16.5 Å². The van der Waals surface area contributed by atoms with Gasteiger partial charge in [-0.25, -0.2) is 0 Å². The topological polar surface area (TPSA) is 60.1 Å². The second kappa shape index (κ2) is 6.04. The van der Waals surface area contributed by atoms with Crippen molar-refractivity contribution in [3.63, 3.8) is 0 Å². The van der Waals surface area contributed by atoms with Gasteiger partial charge in [-0.05, 0) is 23.8 Å². The van der Waals surface area contributed by atoms with Crippen LogP contribution in [0.1, 0.15) is 15.9 Å². The van der Waals surface area contributed by atoms with E-state index in [1.54, 1.807) is 6.07 Å². The summed E-state index contributed by atoms with van der Waals surface area (Å²) in [5, 5.41) is 8.36. The molecule has 2 aromatic heterocycles. The Balaban J connectivity index is 1.70. The summed E-state index contributed by atoms with van der Waals surface area (Å²) in [6.45, 7) is 0.642. The van der Waals surface area contributed by atoms with Crippen molar-refractivity contribution in [2.24, 2.45) is 0 Å². The smallest absolute Gasteiger partial charge is 0.260 e. The van der Waals surface area contributed by atoms with Crippen LogP contribution in [-0.4, -0.2) is 15.7 Å². The highest BCUT2D eigenvalue weighted by molar-refractivity contribution is 6.07. The molecule has 0 aliphatic heterocycles. The summed E-state index contributed by atoms with van der Waals surface area (Å²) in [4.78, 5) is 12.3. The van der Waals surface area contributed by atoms with Crippen molar-refractivity contribution in [2.75, 3.05) is 5.32 Å². The quantitative estimate of drug-likeness (QED) is 0.620. The summed E-state index contributed by atoms with van der Waals surface area (Å²) in [5.41, 5.74) is 2.60. The van der Waals surface area contributed by atoms with Gasteiger partial charge in [-0.2, -0.15) is 5.10 Å². The summed E-state index contributed by atoms with van der Waals surface area (Å²) in [7, 11) is 0. The molecule has 0 bridgehead atoms. The molecule has 4 aromatic rings. The molecular formula is C19H15N3O2. The van der Waals surface area contributed by atoms with Crippen LogP contribution < -0.4 is 5.32 Å². The number of fused-ring (bicyclic) bond motifs is 1. The van der Waals surface area contributed by atoms with Crippen LogP contribution in [0.25, 0.3) is 10.9 Å². The Hall–Kier alpha value is -3.34. The average Bonchev–Trinajstić information content (AvgIpc) is 3.26. The number of nitrogens with zero attached hydrogens (tertiary/aromatic N) is 2. The van der Waals surface area contributed by atoms with Crippen LogP contribution in [0.15, 0.2) is 77.6 Å². The van der Waals surface area contributed by atoms with Gasteiger partial charge in [0.25, 0.3) is 5.91 Å². The van der Waals surface area contributed by atoms with Crippen LogP contribution in [0.3, 0.4) is 0 Å². The highest BCUT2D eigenvalue weighted by atomic mass is 16.3. The first-order chi connectivity index (χ1) is 11.8. The zero-order chi connectivity index (χ0) is 16.4. The maximum atomic E-state index is 12.3. The summed E-state index contributed by atoms with van der Waals surface area (Å²) < 4.78 is 6.86. The maximum absolute atomic E-state index is 12.3. The first kappa shape index (κ1) is 14.3. The van der Waals surface area contributed by atoms with Crippen molar-refractivity contribution in [3.05, 3.63) is 84.3 Å². The van der Waals surface area contributed by atoms with E-state index >= 15 is 0 Å². The predicted molar refractivity (Wildman–Crippen MR) is 91.9 cm³/mol. The third-order valence-corrected chi connectivity index (χ3v) is 3.85. The zero-order valence-electron chi connectivity index (χ0n) is 12.8. The van der Waals surface area contributed by atoms with Crippen LogP contribution in [-0.2, 0) is 6.54 Å². The van der Waals surface area contributed by atoms with E-state index in [9.17, 15) is 4.79 Å². The molecule has 24 heavy (non-hydrogen) atoms. The Kier molecular flexibility index (Phi) is 3.59. The van der Waals surface area contributed by atoms with Gasteiger partial charge in [0, 0.05) is 5.39 Å². The van der Waals surface area contributed by atoms with Gasteiger partial charge in [-0.1, -0.05) is 42.5 Å². The average molecular weight is 317 g/mol. The monoisotopic (exact) mass is 317 g/mol. The first-order valence-corrected chi connectivity index (χ1v) is 7.64. The highest BCUT2D eigenvalue weighted by Gasteiger charge is 2.14. The predicted octanol–water partition coefficient (Wildman–Crippen LogP) is 3.93. The van der Waals surface area contributed by atoms with E-state index in [1.165, 1.54) is 12.5 Å². The number of carbonyl (C=O) groups is 1. The lowest BCUT2D eigenvalue weighted by molar-refractivity contribution is 0.102. The van der Waals surface area contributed by atoms with E-state index in [2.05, 4.69) is 22.5 Å². The molecule has 0 saturated carbocycles. The van der Waals surface area contributed by atoms with Gasteiger partial charge in [0.1, 0.15) is 6.26 Å². The van der Waals surface area contributed by atoms with Crippen LogP contribution in [0, 0.1) is 0 Å². The minimum atomic E-state index is -0.237. The van der Waals surface area contributed by atoms with Crippen LogP contribution in [0.2, 0.25) is 0 Å². The molecule has 5 heteroatoms. The van der Waals surface area contributed by atoms with E-state index in [0.29, 0.717) is 17.9 Å². The molecule has 1 N–H and O–H groups in total. The number of furan rings is 1. The fourth-order valence-corrected chi connectivity index (χ4v) is 2.67. The lowest BCUT2D eigenvalue weighted by Crippen LogP contribution is -2.12. The number of carbonyl (C=O) groups excluding carboxylic acids is 1. The van der Waals surface area contributed by atoms with Crippen molar-refractivity contribution in [3.8, 4) is 0 Å². The second-order valence-corrected chi connectivity index (χ2v) is 5.48. The number of para-hydroxylation sites is 1. The molecular weight excluding hydrogens is 302 g/mol. The fourth-order valence-electron chi connectivity index (χ4n) is 2.67. The molecule has 0 spiro atoms. The van der Waals surface area contributed by atoms with E-state index in [1.807, 2.05) is 47.1 Å². The Bertz CT molecular complexity index is 972. The van der Waals surface area contributed by atoms with E-state index in [4.69, 9.17) is 4.42 Å². The normalized spacial score (nSPS) is 10.8. The maximum Gasteiger partial charge on any atom is 0.260 e. The van der Waals surface area contributed by atoms with E-state index in [-0.39, 0.29) is 5.91 Å². The minimum absolute atomic E-state index is 0.237. The molecule has 0 saturated heterocycles. The van der Waals surface area contributed by atoms with Gasteiger partial charge in [0.05, 0.1) is 23.9 Å². The number of hydrogen-bond acceptors (Lipinski definition) is 3. The molecule has 118 valence electrons. The summed E-state index contributed by atoms with van der Waals surface area (Å²) in [5.74, 6) is 0.312. The van der Waals surface area contributed by atoms with Crippen LogP contribution in [0.5, 0.6) is 0 Å². The third-order valence-electron chi connectivity index (χ3n) is 3.85. The number of anilines is 1. The summed E-state index contributed by atoms with van der Waals surface area (Å²) in [6.07, 6.45) is 2.89. The molecule has 0 aliphatic rings. The fraction of sp³-hybridized carbons (Fsp3) is 0.0526. The number of amides is 1. The van der Waals surface area contributed by atoms with Crippen molar-refractivity contribution in [1.82, 2.24) is 9.78 Å². The van der Waals surface area contributed by atoms with Crippen molar-refractivity contribution >= 4 is 22.6 Å². The number of hydrogen-bond donors (Lipinski definition) is 1. The second-order valence-electron chi connectivity index (χ2n) is 5.48. The van der Waals surface area contributed by atoms with Crippen LogP contribution in [0.4, 0.5) is 5.82 Å². The Morgan fingerprint density at radius 1 is 1.04 bits per heavy atom. The third kappa shape index (κ3) is 2.67. The molecule has 0 fully saturated rings. The van der Waals surface area contributed by atoms with Gasteiger partial charge in [-0.3, -0.25) is 9.48 Å². The van der Waals surface area contributed by atoms with Crippen molar-refractivity contribution in [2.45, 2.75) is 6.54 Å². The van der Waals surface area contributed by atoms with Gasteiger partial charge < -0.3 is 9.73 Å². The molecule has 2 heterocycles. The lowest BCUT2D eigenvalue weighted by atomic mass is 10.2. The Morgan fingerprint density at radius 3 is 2.62 bits per heavy atom. The molecule has 5 nitrogen and oxygen atoms in total. The number of nitrogens with one attached hydrogen (secondary N) is 1. The van der Waals surface area contributed by atoms with Gasteiger partial charge in [0.15, 0.2) is 5.82 Å². The molecule has 0 aliphatic carbocycles. The molecule has 0 atom stereocenters. The molecule has 0 unspecified atom stereocenters.